The molecule has 0 saturated carbocycles. The summed E-state index contributed by atoms with van der Waals surface area (Å²) < 4.78 is 0. The molecule has 0 aliphatic carbocycles. The van der Waals surface area contributed by atoms with Crippen LogP contribution in [-0.2, 0) is 0 Å². The molecule has 0 fully saturated rings. The van der Waals surface area contributed by atoms with Crippen LogP contribution in [0.4, 0.5) is 0 Å². The summed E-state index contributed by atoms with van der Waals surface area (Å²) in [7, 11) is 0. The van der Waals surface area contributed by atoms with Crippen molar-refractivity contribution >= 4 is 0 Å². The van der Waals surface area contributed by atoms with Crippen LogP contribution in [-0.4, -0.2) is 46.9 Å². The van der Waals surface area contributed by atoms with Crippen LogP contribution >= 0.6 is 0 Å². The summed E-state index contributed by atoms with van der Waals surface area (Å²) in [5.41, 5.74) is -0.306. The first-order chi connectivity index (χ1) is 10.0. The first-order valence-electron chi connectivity index (χ1n) is 8.47. The normalized spacial score (nSPS) is 11.1. The fraction of sp³-hybridized carbons (Fsp3) is 1.00. The molecule has 130 valence electrons. The van der Waals surface area contributed by atoms with E-state index < -0.39 is 0 Å². The Balaban J connectivity index is 0. The number of unbranched alkanes of at least 4 members (excludes halogenated alkanes) is 9. The van der Waals surface area contributed by atoms with Gasteiger partial charge in [0.25, 0.3) is 0 Å². The van der Waals surface area contributed by atoms with E-state index in [1.54, 1.807) is 13.8 Å². The summed E-state index contributed by atoms with van der Waals surface area (Å²) in [6, 6.07) is 0. The van der Waals surface area contributed by atoms with Crippen LogP contribution in [0.15, 0.2) is 0 Å². The third kappa shape index (κ3) is 22.3. The highest BCUT2D eigenvalue weighted by atomic mass is 16.3. The average Bonchev–Trinajstić information content (AvgIpc) is 2.50. The molecular weight excluding hydrogens is 268 g/mol. The molecule has 0 saturated heterocycles. The van der Waals surface area contributed by atoms with Crippen LogP contribution in [0.3, 0.4) is 0 Å². The fourth-order valence-electron chi connectivity index (χ4n) is 1.69. The molecule has 21 heavy (non-hydrogen) atoms. The molecule has 0 spiro atoms. The molecule has 0 bridgehead atoms. The highest BCUT2D eigenvalue weighted by Crippen LogP contribution is 2.10. The van der Waals surface area contributed by atoms with E-state index in [4.69, 9.17) is 20.4 Å². The Bertz CT molecular complexity index is 166. The molecule has 0 atom stereocenters. The topological polar surface area (TPSA) is 80.9 Å². The van der Waals surface area contributed by atoms with Gasteiger partial charge in [-0.1, -0.05) is 65.2 Å². The van der Waals surface area contributed by atoms with Crippen LogP contribution in [0, 0.1) is 5.41 Å². The molecule has 0 aromatic rings. The maximum atomic E-state index is 8.57. The minimum Gasteiger partial charge on any atom is -0.396 e. The van der Waals surface area contributed by atoms with Gasteiger partial charge in [0.15, 0.2) is 0 Å². The van der Waals surface area contributed by atoms with Gasteiger partial charge in [-0.25, -0.2) is 0 Å². The van der Waals surface area contributed by atoms with Crippen LogP contribution in [0.1, 0.15) is 78.1 Å². The van der Waals surface area contributed by atoms with Crippen LogP contribution in [0.2, 0.25) is 0 Å². The number of hydrogen-bond donors (Lipinski definition) is 4. The van der Waals surface area contributed by atoms with E-state index in [1.165, 1.54) is 51.4 Å². The number of aliphatic hydroxyl groups excluding tert-OH is 4. The molecule has 0 aromatic carbocycles. The highest BCUT2D eigenvalue weighted by molar-refractivity contribution is 4.62. The lowest BCUT2D eigenvalue weighted by molar-refractivity contribution is 0.0857. The lowest BCUT2D eigenvalue weighted by Crippen LogP contribution is -2.20. The first-order valence-corrected chi connectivity index (χ1v) is 8.47. The number of hydrogen-bond acceptors (Lipinski definition) is 4. The Morgan fingerprint density at radius 2 is 0.714 bits per heavy atom. The zero-order valence-corrected chi connectivity index (χ0v) is 14.2. The smallest absolute Gasteiger partial charge is 0.0504 e. The van der Waals surface area contributed by atoms with Crippen molar-refractivity contribution in [2.45, 2.75) is 78.1 Å². The van der Waals surface area contributed by atoms with Gasteiger partial charge in [0.1, 0.15) is 0 Å². The van der Waals surface area contributed by atoms with Crippen molar-refractivity contribution in [1.82, 2.24) is 0 Å². The molecular formula is C17H38O4. The molecule has 0 rings (SSSR count). The average molecular weight is 306 g/mol. The van der Waals surface area contributed by atoms with Crippen molar-refractivity contribution in [2.75, 3.05) is 26.4 Å². The van der Waals surface area contributed by atoms with E-state index in [2.05, 4.69) is 0 Å². The summed E-state index contributed by atoms with van der Waals surface area (Å²) >= 11 is 0. The van der Waals surface area contributed by atoms with E-state index in [-0.39, 0.29) is 18.6 Å². The lowest BCUT2D eigenvalue weighted by Gasteiger charge is -2.16. The van der Waals surface area contributed by atoms with Crippen LogP contribution in [0.5, 0.6) is 0 Å². The number of rotatable bonds is 13. The van der Waals surface area contributed by atoms with Gasteiger partial charge in [0, 0.05) is 18.6 Å². The second-order valence-electron chi connectivity index (χ2n) is 6.46. The van der Waals surface area contributed by atoms with Crippen molar-refractivity contribution in [3.8, 4) is 0 Å². The van der Waals surface area contributed by atoms with Crippen molar-refractivity contribution in [3.63, 3.8) is 0 Å². The first kappa shape index (κ1) is 23.1. The highest BCUT2D eigenvalue weighted by Gasteiger charge is 2.13. The third-order valence-corrected chi connectivity index (χ3v) is 3.42. The minimum absolute atomic E-state index is 0.0451. The van der Waals surface area contributed by atoms with E-state index >= 15 is 0 Å². The van der Waals surface area contributed by atoms with E-state index in [0.29, 0.717) is 13.2 Å². The zero-order valence-electron chi connectivity index (χ0n) is 14.2. The standard InChI is InChI=1S/C12H26O2.C5H12O2/c13-11-9-7-5-3-1-2-4-6-8-10-12-14;1-5(2,3-6)4-7/h13-14H,1-12H2;6-7H,3-4H2,1-2H3. The molecule has 0 aliphatic heterocycles. The number of aliphatic hydroxyl groups is 4. The van der Waals surface area contributed by atoms with Gasteiger partial charge >= 0.3 is 0 Å². The van der Waals surface area contributed by atoms with E-state index in [9.17, 15) is 0 Å². The maximum absolute atomic E-state index is 8.57. The Labute approximate surface area is 131 Å². The predicted molar refractivity (Wildman–Crippen MR) is 88.3 cm³/mol. The second-order valence-corrected chi connectivity index (χ2v) is 6.46. The monoisotopic (exact) mass is 306 g/mol. The largest absolute Gasteiger partial charge is 0.396 e. The van der Waals surface area contributed by atoms with Crippen molar-refractivity contribution in [3.05, 3.63) is 0 Å². The molecule has 0 heterocycles. The Kier molecular flexibility index (Phi) is 19.7. The molecule has 4 nitrogen and oxygen atoms in total. The van der Waals surface area contributed by atoms with Gasteiger partial charge in [0.05, 0.1) is 13.2 Å². The zero-order chi connectivity index (χ0) is 16.4. The van der Waals surface area contributed by atoms with Crippen molar-refractivity contribution in [1.29, 1.82) is 0 Å². The molecule has 4 N–H and O–H groups in total. The summed E-state index contributed by atoms with van der Waals surface area (Å²) in [5, 5.41) is 34.0. The lowest BCUT2D eigenvalue weighted by atomic mass is 9.97. The molecule has 4 heteroatoms. The fourth-order valence-corrected chi connectivity index (χ4v) is 1.69. The SMILES string of the molecule is CC(C)(CO)CO.OCCCCCCCCCCCCO. The third-order valence-electron chi connectivity index (χ3n) is 3.42. The van der Waals surface area contributed by atoms with Gasteiger partial charge in [-0.15, -0.1) is 0 Å². The van der Waals surface area contributed by atoms with Crippen LogP contribution < -0.4 is 0 Å². The molecule has 0 amide bonds. The van der Waals surface area contributed by atoms with E-state index in [0.717, 1.165) is 12.8 Å². The van der Waals surface area contributed by atoms with Gasteiger partial charge in [-0.2, -0.15) is 0 Å². The molecule has 0 unspecified atom stereocenters. The Morgan fingerprint density at radius 3 is 0.857 bits per heavy atom. The van der Waals surface area contributed by atoms with Gasteiger partial charge < -0.3 is 20.4 Å². The second kappa shape index (κ2) is 17.9. The van der Waals surface area contributed by atoms with Crippen molar-refractivity contribution in [2.24, 2.45) is 5.41 Å². The molecule has 0 radical (unpaired) electrons. The van der Waals surface area contributed by atoms with Crippen molar-refractivity contribution < 1.29 is 20.4 Å². The van der Waals surface area contributed by atoms with Gasteiger partial charge in [0.2, 0.25) is 0 Å². The summed E-state index contributed by atoms with van der Waals surface area (Å²) in [6.45, 7) is 4.38. The molecule has 0 aromatic heterocycles. The van der Waals surface area contributed by atoms with E-state index in [1.807, 2.05) is 0 Å². The summed E-state index contributed by atoms with van der Waals surface area (Å²) in [6.07, 6.45) is 12.2. The van der Waals surface area contributed by atoms with Crippen LogP contribution in [0.25, 0.3) is 0 Å². The van der Waals surface area contributed by atoms with Gasteiger partial charge in [-0.05, 0) is 12.8 Å². The minimum atomic E-state index is -0.306. The summed E-state index contributed by atoms with van der Waals surface area (Å²) in [5.74, 6) is 0. The summed E-state index contributed by atoms with van der Waals surface area (Å²) in [4.78, 5) is 0. The Hall–Kier alpha value is -0.160. The molecule has 0 aliphatic rings. The quantitative estimate of drug-likeness (QED) is 0.394. The van der Waals surface area contributed by atoms with Gasteiger partial charge in [-0.3, -0.25) is 0 Å². The predicted octanol–water partition coefficient (Wildman–Crippen LogP) is 2.87. The Morgan fingerprint density at radius 1 is 0.476 bits per heavy atom. The maximum Gasteiger partial charge on any atom is 0.0504 e.